The Labute approximate surface area is 175 Å². The van der Waals surface area contributed by atoms with E-state index in [9.17, 15) is 17.6 Å². The maximum Gasteiger partial charge on any atom is 0.243 e. The molecule has 2 aromatic rings. The molecule has 29 heavy (non-hydrogen) atoms. The smallest absolute Gasteiger partial charge is 0.243 e. The van der Waals surface area contributed by atoms with E-state index < -0.39 is 21.8 Å². The number of benzene rings is 2. The lowest BCUT2D eigenvalue weighted by molar-refractivity contribution is -0.120. The molecule has 0 aromatic heterocycles. The van der Waals surface area contributed by atoms with Gasteiger partial charge in [-0.2, -0.15) is 4.31 Å². The van der Waals surface area contributed by atoms with Crippen LogP contribution in [-0.4, -0.2) is 31.7 Å². The SMILES string of the molecule is Cc1cc(C)c(S(=O)(=O)N2CCC[C@H](C(=O)Nc3ccc(F)c(Cl)c3)C2)c(C)c1. The van der Waals surface area contributed by atoms with E-state index in [-0.39, 0.29) is 17.5 Å². The number of hydrogen-bond acceptors (Lipinski definition) is 3. The van der Waals surface area contributed by atoms with Crippen LogP contribution in [0.2, 0.25) is 5.02 Å². The summed E-state index contributed by atoms with van der Waals surface area (Å²) in [5.41, 5.74) is 2.80. The van der Waals surface area contributed by atoms with E-state index in [0.29, 0.717) is 41.1 Å². The largest absolute Gasteiger partial charge is 0.326 e. The third-order valence-electron chi connectivity index (χ3n) is 5.14. The second-order valence-electron chi connectivity index (χ2n) is 7.55. The zero-order chi connectivity index (χ0) is 21.3. The number of hydrogen-bond donors (Lipinski definition) is 1. The predicted octanol–water partition coefficient (Wildman–Crippen LogP) is 4.44. The first kappa shape index (κ1) is 21.7. The van der Waals surface area contributed by atoms with Crippen molar-refractivity contribution >= 4 is 33.2 Å². The fourth-order valence-electron chi connectivity index (χ4n) is 3.90. The van der Waals surface area contributed by atoms with Crippen molar-refractivity contribution < 1.29 is 17.6 Å². The maximum atomic E-state index is 13.3. The van der Waals surface area contributed by atoms with E-state index in [1.807, 2.05) is 19.1 Å². The average molecular weight is 439 g/mol. The Kier molecular flexibility index (Phi) is 6.31. The van der Waals surface area contributed by atoms with E-state index in [1.165, 1.54) is 22.5 Å². The number of carbonyl (C=O) groups excluding carboxylic acids is 1. The van der Waals surface area contributed by atoms with Gasteiger partial charge in [-0.15, -0.1) is 0 Å². The Bertz CT molecular complexity index is 1030. The minimum Gasteiger partial charge on any atom is -0.326 e. The van der Waals surface area contributed by atoms with Crippen LogP contribution in [0.15, 0.2) is 35.2 Å². The van der Waals surface area contributed by atoms with Crippen molar-refractivity contribution in [1.29, 1.82) is 0 Å². The molecular formula is C21H24ClFN2O3S. The van der Waals surface area contributed by atoms with Gasteiger partial charge in [0.1, 0.15) is 5.82 Å². The molecule has 0 aliphatic carbocycles. The second-order valence-corrected chi connectivity index (χ2v) is 9.83. The van der Waals surface area contributed by atoms with Gasteiger partial charge in [-0.3, -0.25) is 4.79 Å². The third kappa shape index (κ3) is 4.63. The van der Waals surface area contributed by atoms with Crippen LogP contribution in [0.1, 0.15) is 29.5 Å². The summed E-state index contributed by atoms with van der Waals surface area (Å²) in [5.74, 6) is -1.36. The minimum atomic E-state index is -3.71. The van der Waals surface area contributed by atoms with Crippen molar-refractivity contribution in [2.45, 2.75) is 38.5 Å². The summed E-state index contributed by atoms with van der Waals surface area (Å²) in [6.45, 7) is 6.00. The predicted molar refractivity (Wildman–Crippen MR) is 112 cm³/mol. The van der Waals surface area contributed by atoms with E-state index in [4.69, 9.17) is 11.6 Å². The molecule has 1 aliphatic rings. The zero-order valence-electron chi connectivity index (χ0n) is 16.6. The Balaban J connectivity index is 1.79. The number of nitrogens with one attached hydrogen (secondary N) is 1. The first-order chi connectivity index (χ1) is 13.6. The standard InChI is InChI=1S/C21H24ClFN2O3S/c1-13-9-14(2)20(15(3)10-13)29(27,28)25-8-4-5-16(12-25)21(26)24-17-6-7-19(23)18(22)11-17/h6-7,9-11,16H,4-5,8,12H2,1-3H3,(H,24,26)/t16-/m0/s1. The zero-order valence-corrected chi connectivity index (χ0v) is 18.2. The molecule has 156 valence electrons. The quantitative estimate of drug-likeness (QED) is 0.767. The van der Waals surface area contributed by atoms with Gasteiger partial charge in [-0.05, 0) is 62.9 Å². The molecule has 1 saturated heterocycles. The fourth-order valence-corrected chi connectivity index (χ4v) is 6.01. The Morgan fingerprint density at radius 2 is 1.83 bits per heavy atom. The monoisotopic (exact) mass is 438 g/mol. The lowest BCUT2D eigenvalue weighted by Crippen LogP contribution is -2.44. The lowest BCUT2D eigenvalue weighted by atomic mass is 9.99. The van der Waals surface area contributed by atoms with Crippen LogP contribution in [0, 0.1) is 32.5 Å². The molecule has 1 fully saturated rings. The van der Waals surface area contributed by atoms with Crippen molar-refractivity contribution in [3.8, 4) is 0 Å². The van der Waals surface area contributed by atoms with Crippen LogP contribution in [0.25, 0.3) is 0 Å². The van der Waals surface area contributed by atoms with Crippen LogP contribution >= 0.6 is 11.6 Å². The lowest BCUT2D eigenvalue weighted by Gasteiger charge is -2.32. The van der Waals surface area contributed by atoms with Crippen LogP contribution in [-0.2, 0) is 14.8 Å². The topological polar surface area (TPSA) is 66.5 Å². The Morgan fingerprint density at radius 3 is 2.45 bits per heavy atom. The van der Waals surface area contributed by atoms with Gasteiger partial charge < -0.3 is 5.32 Å². The summed E-state index contributed by atoms with van der Waals surface area (Å²) < 4.78 is 41.3. The molecule has 2 aromatic carbocycles. The molecule has 1 amide bonds. The third-order valence-corrected chi connectivity index (χ3v) is 7.61. The van der Waals surface area contributed by atoms with Gasteiger partial charge in [0.15, 0.2) is 0 Å². The normalized spacial score (nSPS) is 17.9. The summed E-state index contributed by atoms with van der Waals surface area (Å²) in [5, 5.41) is 2.63. The van der Waals surface area contributed by atoms with Gasteiger partial charge in [0, 0.05) is 18.8 Å². The van der Waals surface area contributed by atoms with Crippen LogP contribution < -0.4 is 5.32 Å². The Hall–Kier alpha value is -1.96. The summed E-state index contributed by atoms with van der Waals surface area (Å²) in [4.78, 5) is 13.0. The molecule has 0 unspecified atom stereocenters. The number of sulfonamides is 1. The van der Waals surface area contributed by atoms with E-state index >= 15 is 0 Å². The van der Waals surface area contributed by atoms with Gasteiger partial charge >= 0.3 is 0 Å². The summed E-state index contributed by atoms with van der Waals surface area (Å²) in [7, 11) is -3.71. The number of rotatable bonds is 4. The van der Waals surface area contributed by atoms with E-state index in [1.54, 1.807) is 13.8 Å². The molecule has 1 heterocycles. The molecular weight excluding hydrogens is 415 g/mol. The number of aryl methyl sites for hydroxylation is 3. The number of piperidine rings is 1. The molecule has 0 bridgehead atoms. The van der Waals surface area contributed by atoms with E-state index in [0.717, 1.165) is 5.56 Å². The van der Waals surface area contributed by atoms with Crippen molar-refractivity contribution in [2.75, 3.05) is 18.4 Å². The van der Waals surface area contributed by atoms with Crippen LogP contribution in [0.5, 0.6) is 0 Å². The summed E-state index contributed by atoms with van der Waals surface area (Å²) >= 11 is 5.76. The molecule has 0 spiro atoms. The highest BCUT2D eigenvalue weighted by Crippen LogP contribution is 2.29. The molecule has 0 saturated carbocycles. The highest BCUT2D eigenvalue weighted by molar-refractivity contribution is 7.89. The van der Waals surface area contributed by atoms with Gasteiger partial charge in [0.2, 0.25) is 15.9 Å². The molecule has 1 N–H and O–H groups in total. The van der Waals surface area contributed by atoms with Crippen LogP contribution in [0.3, 0.4) is 0 Å². The molecule has 5 nitrogen and oxygen atoms in total. The van der Waals surface area contributed by atoms with Gasteiger partial charge in [-0.25, -0.2) is 12.8 Å². The van der Waals surface area contributed by atoms with Gasteiger partial charge in [-0.1, -0.05) is 29.3 Å². The number of anilines is 1. The highest BCUT2D eigenvalue weighted by atomic mass is 35.5. The first-order valence-electron chi connectivity index (χ1n) is 9.43. The molecule has 0 radical (unpaired) electrons. The van der Waals surface area contributed by atoms with E-state index in [2.05, 4.69) is 5.32 Å². The van der Waals surface area contributed by atoms with Gasteiger partial charge in [0.05, 0.1) is 15.8 Å². The summed E-state index contributed by atoms with van der Waals surface area (Å²) in [6, 6.07) is 7.65. The number of carbonyl (C=O) groups is 1. The Morgan fingerprint density at radius 1 is 1.17 bits per heavy atom. The fraction of sp³-hybridized carbons (Fsp3) is 0.381. The minimum absolute atomic E-state index is 0.0824. The number of amides is 1. The number of halogens is 2. The molecule has 3 rings (SSSR count). The van der Waals surface area contributed by atoms with Crippen molar-refractivity contribution in [3.63, 3.8) is 0 Å². The second kappa shape index (κ2) is 8.42. The summed E-state index contributed by atoms with van der Waals surface area (Å²) in [6.07, 6.45) is 1.17. The molecule has 1 atom stereocenters. The van der Waals surface area contributed by atoms with Crippen LogP contribution in [0.4, 0.5) is 10.1 Å². The molecule has 8 heteroatoms. The van der Waals surface area contributed by atoms with Crippen molar-refractivity contribution in [2.24, 2.45) is 5.92 Å². The highest BCUT2D eigenvalue weighted by Gasteiger charge is 2.34. The van der Waals surface area contributed by atoms with Crippen molar-refractivity contribution in [1.82, 2.24) is 4.31 Å². The average Bonchev–Trinajstić information content (AvgIpc) is 2.63. The molecule has 1 aliphatic heterocycles. The number of nitrogens with zero attached hydrogens (tertiary/aromatic N) is 1. The van der Waals surface area contributed by atoms with Gasteiger partial charge in [0.25, 0.3) is 0 Å². The first-order valence-corrected chi connectivity index (χ1v) is 11.3. The van der Waals surface area contributed by atoms with Crippen molar-refractivity contribution in [3.05, 3.63) is 57.9 Å². The maximum absolute atomic E-state index is 13.3.